The highest BCUT2D eigenvalue weighted by molar-refractivity contribution is 6.05. The maximum atomic E-state index is 12.8. The number of rotatable bonds is 9. The van der Waals surface area contributed by atoms with Crippen LogP contribution in [0.1, 0.15) is 60.0 Å². The molecule has 0 aromatic heterocycles. The largest absolute Gasteiger partial charge is 0.369 e. The number of azide groups is 1. The highest BCUT2D eigenvalue weighted by Gasteiger charge is 2.39. The minimum atomic E-state index is -0.631. The van der Waals surface area contributed by atoms with E-state index in [1.165, 1.54) is 4.90 Å². The topological polar surface area (TPSA) is 124 Å². The summed E-state index contributed by atoms with van der Waals surface area (Å²) < 4.78 is 5.55. The van der Waals surface area contributed by atoms with Gasteiger partial charge in [-0.05, 0) is 42.5 Å². The summed E-state index contributed by atoms with van der Waals surface area (Å²) in [5.74, 6) is 5.15. The third-order valence-electron chi connectivity index (χ3n) is 5.34. The Morgan fingerprint density at radius 1 is 1.23 bits per heavy atom. The Balaban J connectivity index is 1.49. The lowest BCUT2D eigenvalue weighted by Gasteiger charge is -2.29. The van der Waals surface area contributed by atoms with Crippen molar-refractivity contribution in [1.29, 1.82) is 0 Å². The molecule has 2 aliphatic rings. The van der Waals surface area contributed by atoms with Crippen LogP contribution in [0.3, 0.4) is 0 Å². The van der Waals surface area contributed by atoms with Gasteiger partial charge in [-0.25, -0.2) is 0 Å². The first-order chi connectivity index (χ1) is 15.1. The molecule has 9 nitrogen and oxygen atoms in total. The SMILES string of the molecule is [N-]=[N+]=NCCCCCCOCC#Cc1cccc2c1CN(C1CCC(=O)NC1=O)C2=O. The quantitative estimate of drug-likeness (QED) is 0.164. The number of hydrogen-bond acceptors (Lipinski definition) is 5. The van der Waals surface area contributed by atoms with Gasteiger partial charge in [0.15, 0.2) is 0 Å². The number of unbranched alkanes of at least 4 members (excludes halogenated alkanes) is 3. The van der Waals surface area contributed by atoms with Gasteiger partial charge in [-0.2, -0.15) is 0 Å². The monoisotopic (exact) mass is 423 g/mol. The van der Waals surface area contributed by atoms with Crippen molar-refractivity contribution < 1.29 is 19.1 Å². The molecule has 162 valence electrons. The lowest BCUT2D eigenvalue weighted by Crippen LogP contribution is -2.52. The van der Waals surface area contributed by atoms with Crippen molar-refractivity contribution in [1.82, 2.24) is 10.2 Å². The van der Waals surface area contributed by atoms with Gasteiger partial charge in [0.1, 0.15) is 12.6 Å². The fourth-order valence-corrected chi connectivity index (χ4v) is 3.74. The zero-order valence-electron chi connectivity index (χ0n) is 17.3. The summed E-state index contributed by atoms with van der Waals surface area (Å²) in [4.78, 5) is 40.6. The number of hydrogen-bond donors (Lipinski definition) is 1. The second-order valence-corrected chi connectivity index (χ2v) is 7.45. The van der Waals surface area contributed by atoms with E-state index in [0.29, 0.717) is 38.3 Å². The van der Waals surface area contributed by atoms with E-state index in [1.807, 2.05) is 6.07 Å². The third kappa shape index (κ3) is 5.85. The van der Waals surface area contributed by atoms with Crippen LogP contribution in [0.5, 0.6) is 0 Å². The van der Waals surface area contributed by atoms with Gasteiger partial charge in [-0.3, -0.25) is 19.7 Å². The summed E-state index contributed by atoms with van der Waals surface area (Å²) in [7, 11) is 0. The van der Waals surface area contributed by atoms with Gasteiger partial charge in [0, 0.05) is 42.2 Å². The molecule has 0 aliphatic carbocycles. The van der Waals surface area contributed by atoms with E-state index >= 15 is 0 Å². The van der Waals surface area contributed by atoms with Gasteiger partial charge < -0.3 is 9.64 Å². The molecular weight excluding hydrogens is 398 g/mol. The van der Waals surface area contributed by atoms with E-state index in [9.17, 15) is 14.4 Å². The Hall–Kier alpha value is -3.34. The van der Waals surface area contributed by atoms with Crippen LogP contribution < -0.4 is 5.32 Å². The van der Waals surface area contributed by atoms with Gasteiger partial charge in [-0.15, -0.1) is 0 Å². The predicted molar refractivity (Wildman–Crippen MR) is 113 cm³/mol. The van der Waals surface area contributed by atoms with Crippen LogP contribution in [-0.4, -0.2) is 48.4 Å². The summed E-state index contributed by atoms with van der Waals surface area (Å²) in [6.07, 6.45) is 4.39. The molecule has 3 amide bonds. The first-order valence-electron chi connectivity index (χ1n) is 10.5. The van der Waals surface area contributed by atoms with Crippen LogP contribution in [-0.2, 0) is 20.9 Å². The first-order valence-corrected chi connectivity index (χ1v) is 10.5. The van der Waals surface area contributed by atoms with E-state index in [4.69, 9.17) is 10.3 Å². The molecule has 1 aromatic rings. The molecular formula is C22H25N5O4. The van der Waals surface area contributed by atoms with Crippen LogP contribution in [0, 0.1) is 11.8 Å². The Kier molecular flexibility index (Phi) is 8.05. The van der Waals surface area contributed by atoms with Crippen molar-refractivity contribution in [3.63, 3.8) is 0 Å². The van der Waals surface area contributed by atoms with Crippen LogP contribution in [0.25, 0.3) is 10.4 Å². The van der Waals surface area contributed by atoms with Gasteiger partial charge in [0.05, 0.1) is 0 Å². The lowest BCUT2D eigenvalue weighted by molar-refractivity contribution is -0.136. The molecule has 1 saturated heterocycles. The highest BCUT2D eigenvalue weighted by Crippen LogP contribution is 2.29. The van der Waals surface area contributed by atoms with Crippen molar-refractivity contribution in [2.45, 2.75) is 51.1 Å². The van der Waals surface area contributed by atoms with Crippen molar-refractivity contribution in [3.05, 3.63) is 45.3 Å². The Morgan fingerprint density at radius 2 is 2.06 bits per heavy atom. The minimum absolute atomic E-state index is 0.204. The molecule has 1 aromatic carbocycles. The molecule has 1 fully saturated rings. The fourth-order valence-electron chi connectivity index (χ4n) is 3.74. The normalized spacial score (nSPS) is 17.5. The van der Waals surface area contributed by atoms with Gasteiger partial charge in [-0.1, -0.05) is 35.9 Å². The number of carbonyl (C=O) groups is 3. The molecule has 1 N–H and O–H groups in total. The zero-order valence-corrected chi connectivity index (χ0v) is 17.3. The van der Waals surface area contributed by atoms with E-state index < -0.39 is 11.9 Å². The number of carbonyl (C=O) groups excluding carboxylic acids is 3. The van der Waals surface area contributed by atoms with Crippen LogP contribution in [0.15, 0.2) is 23.3 Å². The molecule has 0 spiro atoms. The lowest BCUT2D eigenvalue weighted by atomic mass is 10.0. The predicted octanol–water partition coefficient (Wildman–Crippen LogP) is 2.69. The maximum Gasteiger partial charge on any atom is 0.255 e. The fraction of sp³-hybridized carbons (Fsp3) is 0.500. The second kappa shape index (κ2) is 11.2. The maximum absolute atomic E-state index is 12.8. The first kappa shape index (κ1) is 22.3. The number of amides is 3. The smallest absolute Gasteiger partial charge is 0.255 e. The Labute approximate surface area is 180 Å². The van der Waals surface area contributed by atoms with Crippen molar-refractivity contribution in [2.24, 2.45) is 5.11 Å². The number of nitrogens with zero attached hydrogens (tertiary/aromatic N) is 4. The molecule has 1 unspecified atom stereocenters. The van der Waals surface area contributed by atoms with Crippen LogP contribution in [0.2, 0.25) is 0 Å². The Morgan fingerprint density at radius 3 is 2.87 bits per heavy atom. The number of nitrogens with one attached hydrogen (secondary N) is 1. The van der Waals surface area contributed by atoms with Crippen molar-refractivity contribution >= 4 is 17.7 Å². The molecule has 0 saturated carbocycles. The molecule has 0 bridgehead atoms. The number of imide groups is 1. The zero-order chi connectivity index (χ0) is 22.1. The number of fused-ring (bicyclic) bond motifs is 1. The van der Waals surface area contributed by atoms with Crippen molar-refractivity contribution in [3.8, 4) is 11.8 Å². The summed E-state index contributed by atoms with van der Waals surface area (Å²) in [5, 5.41) is 5.81. The van der Waals surface area contributed by atoms with E-state index in [1.54, 1.807) is 12.1 Å². The second-order valence-electron chi connectivity index (χ2n) is 7.45. The summed E-state index contributed by atoms with van der Waals surface area (Å²) in [6, 6.07) is 4.75. The molecule has 2 heterocycles. The average molecular weight is 423 g/mol. The molecule has 1 atom stereocenters. The number of piperidine rings is 1. The number of ether oxygens (including phenoxy) is 1. The summed E-state index contributed by atoms with van der Waals surface area (Å²) in [5.41, 5.74) is 10.3. The summed E-state index contributed by atoms with van der Waals surface area (Å²) >= 11 is 0. The standard InChI is InChI=1S/C22H25N5O4/c23-26-24-12-3-1-2-4-13-31-14-6-8-16-7-5-9-17-18(16)15-27(22(17)30)19-10-11-20(28)25-21(19)29/h5,7,9,19H,1-4,10-15H2,(H,25,28,29). The van der Waals surface area contributed by atoms with Crippen molar-refractivity contribution in [2.75, 3.05) is 19.8 Å². The van der Waals surface area contributed by atoms with Crippen LogP contribution >= 0.6 is 0 Å². The van der Waals surface area contributed by atoms with E-state index in [-0.39, 0.29) is 18.2 Å². The minimum Gasteiger partial charge on any atom is -0.369 e. The molecule has 31 heavy (non-hydrogen) atoms. The molecule has 2 aliphatic heterocycles. The third-order valence-corrected chi connectivity index (χ3v) is 5.34. The average Bonchev–Trinajstić information content (AvgIpc) is 3.09. The highest BCUT2D eigenvalue weighted by atomic mass is 16.5. The van der Waals surface area contributed by atoms with E-state index in [0.717, 1.165) is 36.8 Å². The van der Waals surface area contributed by atoms with Gasteiger partial charge in [0.25, 0.3) is 5.91 Å². The van der Waals surface area contributed by atoms with Crippen LogP contribution in [0.4, 0.5) is 0 Å². The van der Waals surface area contributed by atoms with Gasteiger partial charge in [0.2, 0.25) is 11.8 Å². The van der Waals surface area contributed by atoms with Gasteiger partial charge >= 0.3 is 0 Å². The summed E-state index contributed by atoms with van der Waals surface area (Å²) in [6.45, 7) is 1.76. The number of benzene rings is 1. The molecule has 9 heteroatoms. The molecule has 0 radical (unpaired) electrons. The van der Waals surface area contributed by atoms with E-state index in [2.05, 4.69) is 27.2 Å². The Bertz CT molecular complexity index is 958. The molecule has 3 rings (SSSR count).